The van der Waals surface area contributed by atoms with Crippen LogP contribution >= 0.6 is 11.8 Å². The molecule has 0 unspecified atom stereocenters. The Morgan fingerprint density at radius 2 is 2.20 bits per heavy atom. The van der Waals surface area contributed by atoms with Crippen LogP contribution in [-0.4, -0.2) is 42.1 Å². The topological polar surface area (TPSA) is 75.6 Å². The first-order valence-electron chi connectivity index (χ1n) is 5.91. The normalized spacial score (nSPS) is 10.1. The van der Waals surface area contributed by atoms with Crippen molar-refractivity contribution in [3.63, 3.8) is 0 Å². The average molecular weight is 301 g/mol. The number of thioether (sulfide) groups is 1. The number of halogens is 1. The molecule has 0 spiro atoms. The fourth-order valence-electron chi connectivity index (χ4n) is 1.54. The lowest BCUT2D eigenvalue weighted by atomic mass is 10.1. The van der Waals surface area contributed by atoms with Crippen molar-refractivity contribution in [1.29, 1.82) is 0 Å². The van der Waals surface area contributed by atoms with E-state index in [1.807, 2.05) is 0 Å². The third kappa shape index (κ3) is 5.92. The number of hydrogen-bond donors (Lipinski definition) is 2. The van der Waals surface area contributed by atoms with Crippen LogP contribution in [0.2, 0.25) is 0 Å². The SMILES string of the molecule is COc1ccc(F)cc1CC(=O)NCCSCC(=O)O. The molecular weight excluding hydrogens is 285 g/mol. The van der Waals surface area contributed by atoms with Gasteiger partial charge in [-0.3, -0.25) is 9.59 Å². The Morgan fingerprint density at radius 1 is 1.45 bits per heavy atom. The molecule has 0 fully saturated rings. The molecule has 0 aliphatic heterocycles. The molecule has 0 aliphatic rings. The van der Waals surface area contributed by atoms with Gasteiger partial charge in [-0.15, -0.1) is 11.8 Å². The number of methoxy groups -OCH3 is 1. The predicted octanol–water partition coefficient (Wildman–Crippen LogP) is 1.31. The molecule has 1 aromatic carbocycles. The molecule has 2 N–H and O–H groups in total. The summed E-state index contributed by atoms with van der Waals surface area (Å²) < 4.78 is 18.2. The average Bonchev–Trinajstić information content (AvgIpc) is 2.38. The van der Waals surface area contributed by atoms with Gasteiger partial charge in [0.2, 0.25) is 5.91 Å². The van der Waals surface area contributed by atoms with E-state index in [9.17, 15) is 14.0 Å². The second-order valence-corrected chi connectivity index (χ2v) is 5.03. The number of carboxylic acid groups (broad SMARTS) is 1. The Labute approximate surface area is 120 Å². The molecule has 0 radical (unpaired) electrons. The van der Waals surface area contributed by atoms with Gasteiger partial charge in [-0.2, -0.15) is 0 Å². The molecule has 0 saturated heterocycles. The van der Waals surface area contributed by atoms with Crippen LogP contribution in [0.1, 0.15) is 5.56 Å². The Kier molecular flexibility index (Phi) is 6.86. The number of carboxylic acids is 1. The summed E-state index contributed by atoms with van der Waals surface area (Å²) in [6, 6.07) is 4.00. The van der Waals surface area contributed by atoms with E-state index < -0.39 is 11.8 Å². The molecule has 0 aliphatic carbocycles. The lowest BCUT2D eigenvalue weighted by Crippen LogP contribution is -2.27. The summed E-state index contributed by atoms with van der Waals surface area (Å²) in [7, 11) is 1.46. The number of carbonyl (C=O) groups excluding carboxylic acids is 1. The lowest BCUT2D eigenvalue weighted by Gasteiger charge is -2.09. The van der Waals surface area contributed by atoms with Crippen molar-refractivity contribution in [3.05, 3.63) is 29.6 Å². The summed E-state index contributed by atoms with van der Waals surface area (Å²) in [5.41, 5.74) is 0.475. The number of hydrogen-bond acceptors (Lipinski definition) is 4. The number of rotatable bonds is 8. The van der Waals surface area contributed by atoms with Gasteiger partial charge < -0.3 is 15.2 Å². The van der Waals surface area contributed by atoms with E-state index >= 15 is 0 Å². The zero-order valence-corrected chi connectivity index (χ0v) is 11.8. The molecule has 0 saturated carbocycles. The van der Waals surface area contributed by atoms with Crippen molar-refractivity contribution in [2.45, 2.75) is 6.42 Å². The fourth-order valence-corrected chi connectivity index (χ4v) is 2.11. The maximum Gasteiger partial charge on any atom is 0.313 e. The first-order chi connectivity index (χ1) is 9.52. The molecule has 1 aromatic rings. The van der Waals surface area contributed by atoms with Crippen molar-refractivity contribution >= 4 is 23.6 Å². The largest absolute Gasteiger partial charge is 0.496 e. The number of ether oxygens (including phenoxy) is 1. The predicted molar refractivity (Wildman–Crippen MR) is 74.6 cm³/mol. The Balaban J connectivity index is 2.38. The van der Waals surface area contributed by atoms with Crippen molar-refractivity contribution in [2.24, 2.45) is 0 Å². The van der Waals surface area contributed by atoms with Gasteiger partial charge in [0, 0.05) is 17.9 Å². The van der Waals surface area contributed by atoms with Gasteiger partial charge in [-0.1, -0.05) is 0 Å². The third-order valence-corrected chi connectivity index (χ3v) is 3.33. The van der Waals surface area contributed by atoms with E-state index in [1.165, 1.54) is 37.1 Å². The molecule has 1 rings (SSSR count). The van der Waals surface area contributed by atoms with Gasteiger partial charge in [0.25, 0.3) is 0 Å². The minimum atomic E-state index is -0.883. The molecule has 5 nitrogen and oxygen atoms in total. The number of amides is 1. The quantitative estimate of drug-likeness (QED) is 0.708. The number of carbonyl (C=O) groups is 2. The number of aliphatic carboxylic acids is 1. The molecule has 0 heterocycles. The van der Waals surface area contributed by atoms with Crippen molar-refractivity contribution < 1.29 is 23.8 Å². The lowest BCUT2D eigenvalue weighted by molar-refractivity contribution is -0.133. The van der Waals surface area contributed by atoms with Crippen LogP contribution in [0.4, 0.5) is 4.39 Å². The molecule has 0 atom stereocenters. The van der Waals surface area contributed by atoms with Gasteiger partial charge in [-0.25, -0.2) is 4.39 Å². The Hall–Kier alpha value is -1.76. The van der Waals surface area contributed by atoms with E-state index in [0.717, 1.165) is 0 Å². The fraction of sp³-hybridized carbons (Fsp3) is 0.385. The minimum Gasteiger partial charge on any atom is -0.496 e. The van der Waals surface area contributed by atoms with Crippen molar-refractivity contribution in [2.75, 3.05) is 25.2 Å². The molecular formula is C13H16FNO4S. The number of benzene rings is 1. The molecule has 20 heavy (non-hydrogen) atoms. The Bertz CT molecular complexity index is 481. The number of nitrogens with one attached hydrogen (secondary N) is 1. The minimum absolute atomic E-state index is 0.00753. The molecule has 110 valence electrons. The molecule has 0 bridgehead atoms. The van der Waals surface area contributed by atoms with Crippen molar-refractivity contribution in [1.82, 2.24) is 5.32 Å². The highest BCUT2D eigenvalue weighted by atomic mass is 32.2. The maximum absolute atomic E-state index is 13.1. The van der Waals surface area contributed by atoms with E-state index in [0.29, 0.717) is 23.6 Å². The smallest absolute Gasteiger partial charge is 0.313 e. The highest BCUT2D eigenvalue weighted by molar-refractivity contribution is 7.99. The summed E-state index contributed by atoms with van der Waals surface area (Å²) >= 11 is 1.22. The summed E-state index contributed by atoms with van der Waals surface area (Å²) in [6.45, 7) is 0.369. The Morgan fingerprint density at radius 3 is 2.85 bits per heavy atom. The summed E-state index contributed by atoms with van der Waals surface area (Å²) in [6.07, 6.45) is 0.0184. The molecule has 0 aromatic heterocycles. The van der Waals surface area contributed by atoms with Crippen LogP contribution in [0.25, 0.3) is 0 Å². The maximum atomic E-state index is 13.1. The highest BCUT2D eigenvalue weighted by Crippen LogP contribution is 2.19. The first kappa shape index (κ1) is 16.3. The van der Waals surface area contributed by atoms with Gasteiger partial charge in [0.1, 0.15) is 11.6 Å². The van der Waals surface area contributed by atoms with Crippen LogP contribution in [0.5, 0.6) is 5.75 Å². The van der Waals surface area contributed by atoms with Gasteiger partial charge in [0.05, 0.1) is 19.3 Å². The second-order valence-electron chi connectivity index (χ2n) is 3.93. The van der Waals surface area contributed by atoms with Crippen LogP contribution in [-0.2, 0) is 16.0 Å². The van der Waals surface area contributed by atoms with Crippen LogP contribution < -0.4 is 10.1 Å². The zero-order chi connectivity index (χ0) is 15.0. The molecule has 1 amide bonds. The monoisotopic (exact) mass is 301 g/mol. The van der Waals surface area contributed by atoms with Gasteiger partial charge >= 0.3 is 5.97 Å². The standard InChI is InChI=1S/C13H16FNO4S/c1-19-11-3-2-10(14)6-9(11)7-12(16)15-4-5-20-8-13(17)18/h2-3,6H,4-5,7-8H2,1H3,(H,15,16)(H,17,18). The van der Waals surface area contributed by atoms with Crippen molar-refractivity contribution in [3.8, 4) is 5.75 Å². The van der Waals surface area contributed by atoms with Gasteiger partial charge in [0.15, 0.2) is 0 Å². The first-order valence-corrected chi connectivity index (χ1v) is 7.07. The zero-order valence-electron chi connectivity index (χ0n) is 11.0. The van der Waals surface area contributed by atoms with Crippen LogP contribution in [0.15, 0.2) is 18.2 Å². The molecule has 7 heteroatoms. The highest BCUT2D eigenvalue weighted by Gasteiger charge is 2.09. The summed E-state index contributed by atoms with van der Waals surface area (Å²) in [5.74, 6) is -0.589. The van der Waals surface area contributed by atoms with E-state index in [4.69, 9.17) is 9.84 Å². The summed E-state index contributed by atoms with van der Waals surface area (Å²) in [5, 5.41) is 11.1. The second kappa shape index (κ2) is 8.42. The van der Waals surface area contributed by atoms with Crippen LogP contribution in [0, 0.1) is 5.82 Å². The van der Waals surface area contributed by atoms with Crippen LogP contribution in [0.3, 0.4) is 0 Å². The van der Waals surface area contributed by atoms with E-state index in [2.05, 4.69) is 5.32 Å². The third-order valence-electron chi connectivity index (χ3n) is 2.39. The van der Waals surface area contributed by atoms with E-state index in [1.54, 1.807) is 0 Å². The van der Waals surface area contributed by atoms with Gasteiger partial charge in [-0.05, 0) is 18.2 Å². The summed E-state index contributed by atoms with van der Waals surface area (Å²) in [4.78, 5) is 22.0. The van der Waals surface area contributed by atoms with E-state index in [-0.39, 0.29) is 18.1 Å².